The predicted molar refractivity (Wildman–Crippen MR) is 85.2 cm³/mol. The minimum Gasteiger partial charge on any atom is -0.349 e. The van der Waals surface area contributed by atoms with Gasteiger partial charge in [-0.2, -0.15) is 0 Å². The number of sulfone groups is 1. The zero-order valence-electron chi connectivity index (χ0n) is 12.8. The average Bonchev–Trinajstić information content (AvgIpc) is 3.02. The summed E-state index contributed by atoms with van der Waals surface area (Å²) in [5.41, 5.74) is 0.739. The molecule has 0 radical (unpaired) electrons. The summed E-state index contributed by atoms with van der Waals surface area (Å²) in [6, 6.07) is 6.85. The van der Waals surface area contributed by atoms with E-state index in [9.17, 15) is 13.2 Å². The Labute approximate surface area is 132 Å². The summed E-state index contributed by atoms with van der Waals surface area (Å²) >= 11 is 0. The Morgan fingerprint density at radius 1 is 1.14 bits per heavy atom. The van der Waals surface area contributed by atoms with Gasteiger partial charge in [-0.15, -0.1) is 0 Å². The van der Waals surface area contributed by atoms with Gasteiger partial charge in [0.05, 0.1) is 16.7 Å². The van der Waals surface area contributed by atoms with Crippen molar-refractivity contribution in [3.8, 4) is 0 Å². The molecule has 3 rings (SSSR count). The van der Waals surface area contributed by atoms with E-state index in [2.05, 4.69) is 5.32 Å². The van der Waals surface area contributed by atoms with Gasteiger partial charge < -0.3 is 5.32 Å². The van der Waals surface area contributed by atoms with Crippen molar-refractivity contribution in [3.05, 3.63) is 29.8 Å². The molecule has 1 aliphatic carbocycles. The number of benzene rings is 1. The number of carbonyl (C=O) groups excluding carboxylic acids is 1. The van der Waals surface area contributed by atoms with Gasteiger partial charge in [0.2, 0.25) is 5.91 Å². The van der Waals surface area contributed by atoms with Crippen molar-refractivity contribution in [2.45, 2.75) is 55.9 Å². The average molecular weight is 321 g/mol. The highest BCUT2D eigenvalue weighted by molar-refractivity contribution is 7.91. The molecule has 0 saturated heterocycles. The Balaban J connectivity index is 1.64. The molecule has 1 aromatic rings. The lowest BCUT2D eigenvalue weighted by atomic mass is 10.0. The fourth-order valence-corrected chi connectivity index (χ4v) is 5.26. The third kappa shape index (κ3) is 3.35. The van der Waals surface area contributed by atoms with Crippen molar-refractivity contribution in [3.63, 3.8) is 0 Å². The van der Waals surface area contributed by atoms with Gasteiger partial charge in [0.15, 0.2) is 9.84 Å². The zero-order valence-corrected chi connectivity index (χ0v) is 13.6. The molecular weight excluding hydrogens is 298 g/mol. The summed E-state index contributed by atoms with van der Waals surface area (Å²) in [5, 5.41) is 3.03. The minimum absolute atomic E-state index is 0.0472. The molecule has 2 aliphatic rings. The van der Waals surface area contributed by atoms with E-state index >= 15 is 0 Å². The number of nitrogens with one attached hydrogen (secondary N) is 1. The van der Waals surface area contributed by atoms with Crippen molar-refractivity contribution in [2.75, 3.05) is 5.75 Å². The van der Waals surface area contributed by atoms with Gasteiger partial charge in [-0.25, -0.2) is 8.42 Å². The predicted octanol–water partition coefficient (Wildman–Crippen LogP) is 2.99. The van der Waals surface area contributed by atoms with Crippen molar-refractivity contribution in [1.82, 2.24) is 5.32 Å². The molecule has 1 unspecified atom stereocenters. The number of fused-ring (bicyclic) bond motifs is 1. The van der Waals surface area contributed by atoms with Crippen LogP contribution in [0, 0.1) is 5.92 Å². The second-order valence-corrected chi connectivity index (χ2v) is 8.53. The molecule has 22 heavy (non-hydrogen) atoms. The quantitative estimate of drug-likeness (QED) is 0.927. The lowest BCUT2D eigenvalue weighted by Crippen LogP contribution is -2.33. The van der Waals surface area contributed by atoms with Crippen molar-refractivity contribution in [1.29, 1.82) is 0 Å². The Kier molecular flexibility index (Phi) is 4.52. The lowest BCUT2D eigenvalue weighted by Gasteiger charge is -2.26. The molecule has 4 nitrogen and oxygen atoms in total. The Morgan fingerprint density at radius 2 is 1.86 bits per heavy atom. The first-order valence-electron chi connectivity index (χ1n) is 8.17. The van der Waals surface area contributed by atoms with Crippen LogP contribution in [0.5, 0.6) is 0 Å². The van der Waals surface area contributed by atoms with Crippen LogP contribution in [0.15, 0.2) is 29.2 Å². The standard InChI is InChI=1S/C17H23NO3S/c19-17(10-9-13-5-1-2-6-13)18-15-11-12-22(20,21)16-8-4-3-7-14(15)16/h3-4,7-8,13,15H,1-2,5-6,9-12H2,(H,18,19). The fourth-order valence-electron chi connectivity index (χ4n) is 3.64. The highest BCUT2D eigenvalue weighted by Gasteiger charge is 2.30. The molecular formula is C17H23NO3S. The van der Waals surface area contributed by atoms with Crippen LogP contribution in [-0.4, -0.2) is 20.1 Å². The molecule has 1 atom stereocenters. The van der Waals surface area contributed by atoms with Crippen LogP contribution in [0.25, 0.3) is 0 Å². The third-order valence-corrected chi connectivity index (χ3v) is 6.71. The maximum atomic E-state index is 12.2. The highest BCUT2D eigenvalue weighted by Crippen LogP contribution is 2.32. The largest absolute Gasteiger partial charge is 0.349 e. The number of carbonyl (C=O) groups is 1. The van der Waals surface area contributed by atoms with Gasteiger partial charge in [-0.3, -0.25) is 4.79 Å². The molecule has 1 amide bonds. The Hall–Kier alpha value is -1.36. The smallest absolute Gasteiger partial charge is 0.220 e. The van der Waals surface area contributed by atoms with E-state index < -0.39 is 9.84 Å². The highest BCUT2D eigenvalue weighted by atomic mass is 32.2. The van der Waals surface area contributed by atoms with Crippen LogP contribution >= 0.6 is 0 Å². The van der Waals surface area contributed by atoms with Crippen LogP contribution in [0.1, 0.15) is 56.6 Å². The van der Waals surface area contributed by atoms with E-state index in [0.717, 1.165) is 12.0 Å². The van der Waals surface area contributed by atoms with E-state index in [1.165, 1.54) is 25.7 Å². The molecule has 0 spiro atoms. The number of rotatable bonds is 4. The van der Waals surface area contributed by atoms with Crippen molar-refractivity contribution < 1.29 is 13.2 Å². The van der Waals surface area contributed by atoms with Gasteiger partial charge in [0, 0.05) is 6.42 Å². The maximum Gasteiger partial charge on any atom is 0.220 e. The SMILES string of the molecule is O=C(CCC1CCCC1)NC1CCS(=O)(=O)c2ccccc21. The first-order chi connectivity index (χ1) is 10.6. The van der Waals surface area contributed by atoms with Gasteiger partial charge in [0.25, 0.3) is 0 Å². The second-order valence-electron chi connectivity index (χ2n) is 6.45. The fraction of sp³-hybridized carbons (Fsp3) is 0.588. The third-order valence-electron chi connectivity index (χ3n) is 4.89. The van der Waals surface area contributed by atoms with Gasteiger partial charge in [-0.1, -0.05) is 43.9 Å². The summed E-state index contributed by atoms with van der Waals surface area (Å²) in [6.45, 7) is 0. The summed E-state index contributed by atoms with van der Waals surface area (Å²) in [6.07, 6.45) is 7.05. The first-order valence-corrected chi connectivity index (χ1v) is 9.82. The molecule has 1 heterocycles. The topological polar surface area (TPSA) is 63.2 Å². The van der Waals surface area contributed by atoms with Gasteiger partial charge >= 0.3 is 0 Å². The lowest BCUT2D eigenvalue weighted by molar-refractivity contribution is -0.122. The monoisotopic (exact) mass is 321 g/mol. The number of amides is 1. The molecule has 0 bridgehead atoms. The molecule has 1 saturated carbocycles. The summed E-state index contributed by atoms with van der Waals surface area (Å²) in [7, 11) is -3.19. The summed E-state index contributed by atoms with van der Waals surface area (Å²) < 4.78 is 24.2. The molecule has 1 N–H and O–H groups in total. The molecule has 1 fully saturated rings. The summed E-state index contributed by atoms with van der Waals surface area (Å²) in [5.74, 6) is 0.855. The Morgan fingerprint density at radius 3 is 2.64 bits per heavy atom. The van der Waals surface area contributed by atoms with Crippen LogP contribution in [0.3, 0.4) is 0 Å². The second kappa shape index (κ2) is 6.41. The van der Waals surface area contributed by atoms with E-state index in [-0.39, 0.29) is 17.7 Å². The van der Waals surface area contributed by atoms with Crippen LogP contribution in [-0.2, 0) is 14.6 Å². The van der Waals surface area contributed by atoms with Crippen LogP contribution < -0.4 is 5.32 Å². The van der Waals surface area contributed by atoms with E-state index in [4.69, 9.17) is 0 Å². The molecule has 1 aromatic carbocycles. The van der Waals surface area contributed by atoms with Crippen LogP contribution in [0.4, 0.5) is 0 Å². The Bertz CT molecular complexity index is 648. The van der Waals surface area contributed by atoms with Crippen molar-refractivity contribution in [2.24, 2.45) is 5.92 Å². The van der Waals surface area contributed by atoms with Gasteiger partial charge in [0.1, 0.15) is 0 Å². The number of hydrogen-bond donors (Lipinski definition) is 1. The van der Waals surface area contributed by atoms with Crippen LogP contribution in [0.2, 0.25) is 0 Å². The van der Waals surface area contributed by atoms with Crippen molar-refractivity contribution >= 4 is 15.7 Å². The van der Waals surface area contributed by atoms with E-state index in [1.807, 2.05) is 12.1 Å². The maximum absolute atomic E-state index is 12.2. The van der Waals surface area contributed by atoms with Gasteiger partial charge in [-0.05, 0) is 30.4 Å². The van der Waals surface area contributed by atoms with E-state index in [1.54, 1.807) is 12.1 Å². The first kappa shape index (κ1) is 15.5. The minimum atomic E-state index is -3.19. The van der Waals surface area contributed by atoms with E-state index in [0.29, 0.717) is 23.7 Å². The molecule has 5 heteroatoms. The number of hydrogen-bond acceptors (Lipinski definition) is 3. The normalized spacial score (nSPS) is 23.9. The zero-order chi connectivity index (χ0) is 15.6. The molecule has 120 valence electrons. The summed E-state index contributed by atoms with van der Waals surface area (Å²) in [4.78, 5) is 12.6. The molecule has 1 aliphatic heterocycles. The molecule has 0 aromatic heterocycles.